The minimum Gasteiger partial charge on any atom is -0.477 e. The molecule has 1 atom stereocenters. The number of aryl methyl sites for hydroxylation is 1. The molecule has 0 bridgehead atoms. The van der Waals surface area contributed by atoms with E-state index >= 15 is 0 Å². The molecule has 1 aliphatic rings. The first-order valence-corrected chi connectivity index (χ1v) is 9.24. The lowest BCUT2D eigenvalue weighted by molar-refractivity contribution is 0.0698. The maximum atomic E-state index is 12.4. The Labute approximate surface area is 128 Å². The molecule has 8 heteroatoms. The van der Waals surface area contributed by atoms with E-state index < -0.39 is 16.0 Å². The van der Waals surface area contributed by atoms with Crippen molar-refractivity contribution in [1.29, 1.82) is 0 Å². The SMILES string of the molecule is Cc1csc(C(=O)O)c1S(=O)(=O)NCC(C)N1CCCC1. The third-order valence-electron chi connectivity index (χ3n) is 3.71. The van der Waals surface area contributed by atoms with Crippen LogP contribution in [0.2, 0.25) is 0 Å². The molecule has 118 valence electrons. The summed E-state index contributed by atoms with van der Waals surface area (Å²) in [6.07, 6.45) is 2.29. The first kappa shape index (κ1) is 16.4. The summed E-state index contributed by atoms with van der Waals surface area (Å²) >= 11 is 0.942. The van der Waals surface area contributed by atoms with Crippen LogP contribution >= 0.6 is 11.3 Å². The summed E-state index contributed by atoms with van der Waals surface area (Å²) in [4.78, 5) is 13.1. The number of sulfonamides is 1. The number of carboxylic acid groups (broad SMARTS) is 1. The Morgan fingerprint density at radius 2 is 2.10 bits per heavy atom. The smallest absolute Gasteiger partial charge is 0.347 e. The van der Waals surface area contributed by atoms with Crippen molar-refractivity contribution in [3.63, 3.8) is 0 Å². The highest BCUT2D eigenvalue weighted by atomic mass is 32.2. The van der Waals surface area contributed by atoms with E-state index in [1.807, 2.05) is 6.92 Å². The Bertz CT molecular complexity index is 618. The molecule has 2 N–H and O–H groups in total. The van der Waals surface area contributed by atoms with Gasteiger partial charge in [-0.15, -0.1) is 11.3 Å². The highest BCUT2D eigenvalue weighted by Crippen LogP contribution is 2.26. The van der Waals surface area contributed by atoms with E-state index in [1.54, 1.807) is 12.3 Å². The van der Waals surface area contributed by atoms with Crippen molar-refractivity contribution < 1.29 is 18.3 Å². The minimum atomic E-state index is -3.79. The van der Waals surface area contributed by atoms with Gasteiger partial charge in [0.2, 0.25) is 10.0 Å². The monoisotopic (exact) mass is 332 g/mol. The van der Waals surface area contributed by atoms with Crippen LogP contribution in [0.15, 0.2) is 10.3 Å². The lowest BCUT2D eigenvalue weighted by Gasteiger charge is -2.23. The normalized spacial score (nSPS) is 18.0. The quantitative estimate of drug-likeness (QED) is 0.825. The number of nitrogens with one attached hydrogen (secondary N) is 1. The van der Waals surface area contributed by atoms with Gasteiger partial charge in [0.05, 0.1) is 0 Å². The molecular formula is C13H20N2O4S2. The third-order valence-corrected chi connectivity index (χ3v) is 6.54. The Morgan fingerprint density at radius 1 is 1.48 bits per heavy atom. The minimum absolute atomic E-state index is 0.103. The summed E-state index contributed by atoms with van der Waals surface area (Å²) in [6, 6.07) is 0.106. The molecule has 0 amide bonds. The van der Waals surface area contributed by atoms with Crippen molar-refractivity contribution in [2.75, 3.05) is 19.6 Å². The Kier molecular flexibility index (Phi) is 5.03. The first-order valence-electron chi connectivity index (χ1n) is 6.88. The molecule has 1 aliphatic heterocycles. The molecule has 1 aromatic rings. The fourth-order valence-electron chi connectivity index (χ4n) is 2.53. The molecule has 21 heavy (non-hydrogen) atoms. The van der Waals surface area contributed by atoms with Crippen LogP contribution < -0.4 is 4.72 Å². The molecule has 1 aromatic heterocycles. The second kappa shape index (κ2) is 6.43. The Morgan fingerprint density at radius 3 is 2.67 bits per heavy atom. The maximum absolute atomic E-state index is 12.4. The number of thiophene rings is 1. The van der Waals surface area contributed by atoms with Gasteiger partial charge in [0.1, 0.15) is 9.77 Å². The number of nitrogens with zero attached hydrogens (tertiary/aromatic N) is 1. The number of carboxylic acids is 1. The van der Waals surface area contributed by atoms with Gasteiger partial charge in [0.15, 0.2) is 0 Å². The number of hydrogen-bond donors (Lipinski definition) is 2. The summed E-state index contributed by atoms with van der Waals surface area (Å²) in [7, 11) is -3.79. The molecule has 1 fully saturated rings. The van der Waals surface area contributed by atoms with Crippen LogP contribution in [-0.2, 0) is 10.0 Å². The second-order valence-electron chi connectivity index (χ2n) is 5.33. The van der Waals surface area contributed by atoms with Gasteiger partial charge in [-0.25, -0.2) is 17.9 Å². The molecule has 6 nitrogen and oxygen atoms in total. The molecule has 2 heterocycles. The summed E-state index contributed by atoms with van der Waals surface area (Å²) in [5, 5.41) is 10.7. The Balaban J connectivity index is 2.11. The van der Waals surface area contributed by atoms with Crippen LogP contribution in [0.5, 0.6) is 0 Å². The van der Waals surface area contributed by atoms with Gasteiger partial charge in [-0.1, -0.05) is 0 Å². The fraction of sp³-hybridized carbons (Fsp3) is 0.615. The van der Waals surface area contributed by atoms with Crippen LogP contribution in [0.3, 0.4) is 0 Å². The highest BCUT2D eigenvalue weighted by Gasteiger charge is 2.28. The van der Waals surface area contributed by atoms with E-state index in [1.165, 1.54) is 0 Å². The molecular weight excluding hydrogens is 312 g/mol. The summed E-state index contributed by atoms with van der Waals surface area (Å²) in [5.74, 6) is -1.21. The predicted octanol–water partition coefficient (Wildman–Crippen LogP) is 1.52. The second-order valence-corrected chi connectivity index (χ2v) is 7.91. The van der Waals surface area contributed by atoms with Crippen LogP contribution in [0.1, 0.15) is 35.0 Å². The predicted molar refractivity (Wildman–Crippen MR) is 81.5 cm³/mol. The molecule has 2 rings (SSSR count). The number of aromatic carboxylic acids is 1. The van der Waals surface area contributed by atoms with Crippen molar-refractivity contribution in [3.05, 3.63) is 15.8 Å². The van der Waals surface area contributed by atoms with Gasteiger partial charge in [-0.05, 0) is 50.7 Å². The van der Waals surface area contributed by atoms with Crippen LogP contribution in [0, 0.1) is 6.92 Å². The average Bonchev–Trinajstić information content (AvgIpc) is 3.04. The highest BCUT2D eigenvalue weighted by molar-refractivity contribution is 7.89. The van der Waals surface area contributed by atoms with E-state index in [9.17, 15) is 13.2 Å². The van der Waals surface area contributed by atoms with Crippen molar-refractivity contribution in [2.24, 2.45) is 0 Å². The molecule has 0 radical (unpaired) electrons. The van der Waals surface area contributed by atoms with Gasteiger partial charge >= 0.3 is 5.97 Å². The van der Waals surface area contributed by atoms with Gasteiger partial charge in [-0.2, -0.15) is 0 Å². The summed E-state index contributed by atoms with van der Waals surface area (Å²) in [5.41, 5.74) is 0.471. The molecule has 0 spiro atoms. The standard InChI is InChI=1S/C13H20N2O4S2/c1-9-8-20-11(13(16)17)12(9)21(18,19)14-7-10(2)15-5-3-4-6-15/h8,10,14H,3-7H2,1-2H3,(H,16,17). The van der Waals surface area contributed by atoms with Gasteiger partial charge in [0.25, 0.3) is 0 Å². The average molecular weight is 332 g/mol. The van der Waals surface area contributed by atoms with E-state index in [2.05, 4.69) is 9.62 Å². The van der Waals surface area contributed by atoms with Crippen LogP contribution in [0.25, 0.3) is 0 Å². The van der Waals surface area contributed by atoms with E-state index in [0.29, 0.717) is 5.56 Å². The number of rotatable bonds is 6. The first-order chi connectivity index (χ1) is 9.83. The zero-order chi connectivity index (χ0) is 15.6. The molecule has 0 aromatic carbocycles. The van der Waals surface area contributed by atoms with Crippen molar-refractivity contribution in [3.8, 4) is 0 Å². The van der Waals surface area contributed by atoms with Gasteiger partial charge in [-0.3, -0.25) is 4.90 Å². The third kappa shape index (κ3) is 3.63. The topological polar surface area (TPSA) is 86.7 Å². The molecule has 0 saturated carbocycles. The van der Waals surface area contributed by atoms with E-state index in [4.69, 9.17) is 5.11 Å². The number of likely N-dealkylation sites (tertiary alicyclic amines) is 1. The maximum Gasteiger partial charge on any atom is 0.347 e. The summed E-state index contributed by atoms with van der Waals surface area (Å²) in [6.45, 7) is 5.85. The zero-order valence-electron chi connectivity index (χ0n) is 12.1. The van der Waals surface area contributed by atoms with Gasteiger partial charge in [0, 0.05) is 12.6 Å². The molecule has 1 saturated heterocycles. The van der Waals surface area contributed by atoms with Crippen LogP contribution in [-0.4, -0.2) is 50.1 Å². The molecule has 0 aliphatic carbocycles. The largest absolute Gasteiger partial charge is 0.477 e. The van der Waals surface area contributed by atoms with Crippen LogP contribution in [0.4, 0.5) is 0 Å². The number of carbonyl (C=O) groups is 1. The molecule has 1 unspecified atom stereocenters. The van der Waals surface area contributed by atoms with E-state index in [0.717, 1.165) is 37.3 Å². The zero-order valence-corrected chi connectivity index (χ0v) is 13.8. The van der Waals surface area contributed by atoms with Crippen molar-refractivity contribution in [2.45, 2.75) is 37.6 Å². The summed E-state index contributed by atoms with van der Waals surface area (Å²) < 4.78 is 27.3. The lowest BCUT2D eigenvalue weighted by atomic mass is 10.3. The van der Waals surface area contributed by atoms with Gasteiger partial charge < -0.3 is 5.11 Å². The number of hydrogen-bond acceptors (Lipinski definition) is 5. The van der Waals surface area contributed by atoms with Crippen molar-refractivity contribution >= 4 is 27.3 Å². The fourth-order valence-corrected chi connectivity index (χ4v) is 5.28. The van der Waals surface area contributed by atoms with E-state index in [-0.39, 0.29) is 22.4 Å². The van der Waals surface area contributed by atoms with Crippen molar-refractivity contribution in [1.82, 2.24) is 9.62 Å². The lowest BCUT2D eigenvalue weighted by Crippen LogP contribution is -2.40. The Hall–Kier alpha value is -0.960.